The summed E-state index contributed by atoms with van der Waals surface area (Å²) < 4.78 is 0. The number of fused-ring (bicyclic) bond motifs is 4. The van der Waals surface area contributed by atoms with Crippen LogP contribution in [0.5, 0.6) is 0 Å². The average molecular weight is 716 g/mol. The molecule has 0 atom stereocenters. The van der Waals surface area contributed by atoms with Crippen LogP contribution in [0.2, 0.25) is 0 Å². The maximum atomic E-state index is 2.73. The van der Waals surface area contributed by atoms with E-state index in [4.69, 9.17) is 0 Å². The maximum absolute atomic E-state index is 2.73. The largest absolute Gasteiger partial charge is 0.309 e. The van der Waals surface area contributed by atoms with E-state index in [0.717, 1.165) is 11.8 Å². The summed E-state index contributed by atoms with van der Waals surface area (Å²) in [5.74, 6) is 3.25. The molecule has 55 heavy (non-hydrogen) atoms. The van der Waals surface area contributed by atoms with E-state index in [1.807, 2.05) is 0 Å². The molecule has 6 aromatic rings. The molecule has 4 bridgehead atoms. The van der Waals surface area contributed by atoms with Gasteiger partial charge in [-0.2, -0.15) is 0 Å². The summed E-state index contributed by atoms with van der Waals surface area (Å²) >= 11 is 0. The summed E-state index contributed by atoms with van der Waals surface area (Å²) in [6, 6.07) is 53.6. The third kappa shape index (κ3) is 4.84. The molecule has 0 saturated heterocycles. The van der Waals surface area contributed by atoms with Crippen LogP contribution in [-0.2, 0) is 16.2 Å². The highest BCUT2D eigenvalue weighted by Crippen LogP contribution is 2.71. The van der Waals surface area contributed by atoms with Gasteiger partial charge in [0.15, 0.2) is 0 Å². The zero-order chi connectivity index (χ0) is 37.1. The van der Waals surface area contributed by atoms with Crippen molar-refractivity contribution in [2.75, 3.05) is 4.90 Å². The quantitative estimate of drug-likeness (QED) is 0.172. The van der Waals surface area contributed by atoms with Gasteiger partial charge in [0.25, 0.3) is 0 Å². The number of benzene rings is 6. The van der Waals surface area contributed by atoms with Gasteiger partial charge in [0.2, 0.25) is 0 Å². The number of nitrogens with zero attached hydrogens (tertiary/aromatic N) is 1. The van der Waals surface area contributed by atoms with Crippen molar-refractivity contribution in [3.63, 3.8) is 0 Å². The highest BCUT2D eigenvalue weighted by molar-refractivity contribution is 6.03. The molecular weight excluding hydrogens is 663 g/mol. The third-order valence-corrected chi connectivity index (χ3v) is 15.3. The van der Waals surface area contributed by atoms with Crippen LogP contribution in [0, 0.1) is 23.7 Å². The van der Waals surface area contributed by atoms with Crippen LogP contribution in [0.1, 0.15) is 94.9 Å². The van der Waals surface area contributed by atoms with Gasteiger partial charge in [-0.25, -0.2) is 0 Å². The van der Waals surface area contributed by atoms with Crippen molar-refractivity contribution >= 4 is 17.1 Å². The van der Waals surface area contributed by atoms with Crippen molar-refractivity contribution in [1.29, 1.82) is 0 Å². The first-order valence-corrected chi connectivity index (χ1v) is 21.2. The molecule has 0 heterocycles. The summed E-state index contributed by atoms with van der Waals surface area (Å²) in [4.78, 5) is 2.73. The van der Waals surface area contributed by atoms with E-state index in [-0.39, 0.29) is 16.2 Å². The van der Waals surface area contributed by atoms with Crippen LogP contribution in [0.25, 0.3) is 33.4 Å². The molecule has 12 rings (SSSR count). The number of rotatable bonds is 5. The minimum Gasteiger partial charge on any atom is -0.309 e. The molecular formula is C54H53N. The fourth-order valence-electron chi connectivity index (χ4n) is 13.0. The molecule has 0 unspecified atom stereocenters. The second-order valence-electron chi connectivity index (χ2n) is 19.2. The number of hydrogen-bond donors (Lipinski definition) is 0. The molecule has 1 nitrogen and oxygen atoms in total. The van der Waals surface area contributed by atoms with Crippen molar-refractivity contribution in [2.45, 2.75) is 88.9 Å². The van der Waals surface area contributed by atoms with Crippen molar-refractivity contribution in [3.8, 4) is 33.4 Å². The summed E-state index contributed by atoms with van der Waals surface area (Å²) in [5, 5.41) is 0. The Hall–Kier alpha value is -4.88. The van der Waals surface area contributed by atoms with Crippen molar-refractivity contribution in [2.24, 2.45) is 23.7 Å². The first-order chi connectivity index (χ1) is 26.7. The molecule has 4 saturated carbocycles. The maximum Gasteiger partial charge on any atom is 0.0621 e. The van der Waals surface area contributed by atoms with E-state index < -0.39 is 0 Å². The molecule has 1 heteroatoms. The van der Waals surface area contributed by atoms with Gasteiger partial charge in [0, 0.05) is 22.2 Å². The second kappa shape index (κ2) is 12.1. The monoisotopic (exact) mass is 715 g/mol. The lowest BCUT2D eigenvalue weighted by atomic mass is 9.43. The topological polar surface area (TPSA) is 3.24 Å². The second-order valence-corrected chi connectivity index (χ2v) is 19.2. The lowest BCUT2D eigenvalue weighted by Gasteiger charge is -2.61. The summed E-state index contributed by atoms with van der Waals surface area (Å²) in [7, 11) is 0. The molecule has 6 aliphatic carbocycles. The van der Waals surface area contributed by atoms with Crippen molar-refractivity contribution < 1.29 is 0 Å². The van der Waals surface area contributed by atoms with Gasteiger partial charge >= 0.3 is 0 Å². The first-order valence-electron chi connectivity index (χ1n) is 21.2. The van der Waals surface area contributed by atoms with E-state index in [2.05, 4.69) is 172 Å². The van der Waals surface area contributed by atoms with Crippen LogP contribution < -0.4 is 4.90 Å². The first kappa shape index (κ1) is 33.5. The Bertz CT molecular complexity index is 2400. The van der Waals surface area contributed by atoms with Crippen LogP contribution in [-0.4, -0.2) is 0 Å². The van der Waals surface area contributed by atoms with E-state index in [9.17, 15) is 0 Å². The third-order valence-electron chi connectivity index (χ3n) is 15.3. The fourth-order valence-corrected chi connectivity index (χ4v) is 13.0. The van der Waals surface area contributed by atoms with E-state index >= 15 is 0 Å². The van der Waals surface area contributed by atoms with Gasteiger partial charge in [-0.05, 0) is 142 Å². The van der Waals surface area contributed by atoms with Crippen molar-refractivity contribution in [3.05, 3.63) is 162 Å². The minimum absolute atomic E-state index is 0.0229. The Morgan fingerprint density at radius 2 is 1.04 bits per heavy atom. The van der Waals surface area contributed by atoms with Crippen molar-refractivity contribution in [1.82, 2.24) is 0 Å². The highest BCUT2D eigenvalue weighted by Gasteiger charge is 2.62. The van der Waals surface area contributed by atoms with E-state index in [0.29, 0.717) is 11.8 Å². The summed E-state index contributed by atoms with van der Waals surface area (Å²) in [6.07, 6.45) is 9.37. The normalized spacial score (nSPS) is 26.0. The Balaban J connectivity index is 1.25. The molecule has 0 aromatic heterocycles. The molecule has 4 fully saturated rings. The van der Waals surface area contributed by atoms with E-state index in [1.54, 1.807) is 11.1 Å². The molecule has 0 aliphatic heterocycles. The molecule has 6 aromatic carbocycles. The molecule has 0 radical (unpaired) electrons. The summed E-state index contributed by atoms with van der Waals surface area (Å²) in [6.45, 7) is 9.92. The predicted molar refractivity (Wildman–Crippen MR) is 231 cm³/mol. The Kier molecular flexibility index (Phi) is 7.34. The fraction of sp³-hybridized carbons (Fsp3) is 0.333. The zero-order valence-electron chi connectivity index (χ0n) is 33.0. The lowest BCUT2D eigenvalue weighted by Crippen LogP contribution is -2.55. The molecule has 1 spiro atoms. The molecule has 0 amide bonds. The van der Waals surface area contributed by atoms with Gasteiger partial charge in [-0.15, -0.1) is 0 Å². The Labute approximate surface area is 328 Å². The van der Waals surface area contributed by atoms with Crippen LogP contribution in [0.15, 0.2) is 140 Å². The highest BCUT2D eigenvalue weighted by atomic mass is 15.2. The van der Waals surface area contributed by atoms with Crippen LogP contribution >= 0.6 is 0 Å². The number of hydrogen-bond acceptors (Lipinski definition) is 1. The summed E-state index contributed by atoms with van der Waals surface area (Å²) in [5.41, 5.74) is 18.4. The standard InChI is InChI=1S/C54H53N/c1-52(2)28-29-53(3,4)50-47(52)20-13-21-48(50)55(42-24-22-38(23-25-42)37-14-7-5-8-15-37)51-43(39-16-9-6-10-17-39)26-27-46-49(51)44-18-11-12-19-45(44)54(46)40-31-35-30-36(33-40)34-41(54)32-35/h5-27,35-36,40-41H,28-34H2,1-4H3. The predicted octanol–water partition coefficient (Wildman–Crippen LogP) is 14.6. The van der Waals surface area contributed by atoms with Gasteiger partial charge in [0.1, 0.15) is 0 Å². The lowest BCUT2D eigenvalue weighted by molar-refractivity contribution is -0.0399. The SMILES string of the molecule is CC1(C)CCC(C)(C)c2c(N(c3ccc(-c4ccccc4)cc3)c3c(-c4ccccc4)ccc4c3-c3ccccc3C43C4CC5CC(C4)CC3C5)cccc21. The molecule has 274 valence electrons. The molecule has 0 N–H and O–H groups in total. The Morgan fingerprint density at radius 3 is 1.73 bits per heavy atom. The van der Waals surface area contributed by atoms with E-state index in [1.165, 1.54) is 107 Å². The smallest absolute Gasteiger partial charge is 0.0621 e. The van der Waals surface area contributed by atoms with Gasteiger partial charge < -0.3 is 4.90 Å². The number of anilines is 3. The van der Waals surface area contributed by atoms with Crippen LogP contribution in [0.4, 0.5) is 17.1 Å². The Morgan fingerprint density at radius 1 is 0.455 bits per heavy atom. The van der Waals surface area contributed by atoms with Crippen LogP contribution in [0.3, 0.4) is 0 Å². The van der Waals surface area contributed by atoms with Gasteiger partial charge in [-0.1, -0.05) is 149 Å². The van der Waals surface area contributed by atoms with Gasteiger partial charge in [0.05, 0.1) is 11.4 Å². The van der Waals surface area contributed by atoms with Gasteiger partial charge in [-0.3, -0.25) is 0 Å². The average Bonchev–Trinajstić information content (AvgIpc) is 3.50. The zero-order valence-corrected chi connectivity index (χ0v) is 33.0. The minimum atomic E-state index is 0.0229. The molecule has 6 aliphatic rings.